The molecule has 3 nitrogen and oxygen atoms in total. The standard InChI is InChI=1S/C10H12ClF6N3/c1-3-20-7(5(11)4-19-20)6(18-2)8(9(12,13)14)10(15,16)17/h4,6,8,18H,3H2,1-2H3. The predicted molar refractivity (Wildman–Crippen MR) is 60.3 cm³/mol. The molecular formula is C10H12ClF6N3. The average molecular weight is 324 g/mol. The molecule has 0 aromatic carbocycles. The Bertz CT molecular complexity index is 439. The van der Waals surface area contributed by atoms with E-state index < -0.39 is 24.3 Å². The van der Waals surface area contributed by atoms with E-state index >= 15 is 0 Å². The number of rotatable bonds is 4. The smallest absolute Gasteiger partial charge is 0.311 e. The van der Waals surface area contributed by atoms with Gasteiger partial charge in [-0.25, -0.2) is 0 Å². The number of aromatic nitrogens is 2. The largest absolute Gasteiger partial charge is 0.402 e. The van der Waals surface area contributed by atoms with Gasteiger partial charge in [-0.05, 0) is 14.0 Å². The third-order valence-electron chi connectivity index (χ3n) is 2.78. The van der Waals surface area contributed by atoms with E-state index in [-0.39, 0.29) is 17.3 Å². The van der Waals surface area contributed by atoms with Crippen molar-refractivity contribution in [3.8, 4) is 0 Å². The molecule has 0 aliphatic rings. The number of nitrogens with one attached hydrogen (secondary N) is 1. The van der Waals surface area contributed by atoms with Crippen LogP contribution in [-0.2, 0) is 6.54 Å². The van der Waals surface area contributed by atoms with Crippen LogP contribution < -0.4 is 5.32 Å². The van der Waals surface area contributed by atoms with Crippen molar-refractivity contribution in [2.24, 2.45) is 5.92 Å². The Hall–Kier alpha value is -0.960. The van der Waals surface area contributed by atoms with E-state index in [4.69, 9.17) is 11.6 Å². The molecule has 1 rings (SSSR count). The zero-order valence-electron chi connectivity index (χ0n) is 10.5. The van der Waals surface area contributed by atoms with Crippen molar-refractivity contribution in [1.82, 2.24) is 15.1 Å². The fraction of sp³-hybridized carbons (Fsp3) is 0.700. The lowest BCUT2D eigenvalue weighted by molar-refractivity contribution is -0.292. The normalized spacial score (nSPS) is 14.9. The zero-order valence-corrected chi connectivity index (χ0v) is 11.2. The summed E-state index contributed by atoms with van der Waals surface area (Å²) in [4.78, 5) is 0. The Morgan fingerprint density at radius 3 is 2.10 bits per heavy atom. The van der Waals surface area contributed by atoms with E-state index in [1.165, 1.54) is 6.92 Å². The molecule has 1 unspecified atom stereocenters. The maximum atomic E-state index is 12.8. The van der Waals surface area contributed by atoms with Gasteiger partial charge in [-0.15, -0.1) is 0 Å². The second-order valence-electron chi connectivity index (χ2n) is 4.02. The van der Waals surface area contributed by atoms with Crippen LogP contribution >= 0.6 is 11.6 Å². The molecule has 0 aliphatic carbocycles. The highest BCUT2D eigenvalue weighted by atomic mass is 35.5. The molecule has 10 heteroatoms. The third-order valence-corrected chi connectivity index (χ3v) is 3.07. The van der Waals surface area contributed by atoms with Crippen LogP contribution in [0.1, 0.15) is 18.7 Å². The summed E-state index contributed by atoms with van der Waals surface area (Å²) in [5.41, 5.74) is -0.337. The fourth-order valence-electron chi connectivity index (χ4n) is 1.96. The minimum Gasteiger partial charge on any atom is -0.311 e. The molecule has 0 aliphatic heterocycles. The van der Waals surface area contributed by atoms with Crippen molar-refractivity contribution >= 4 is 11.6 Å². The Labute approximate surface area is 115 Å². The highest BCUT2D eigenvalue weighted by molar-refractivity contribution is 6.31. The number of nitrogens with zero attached hydrogens (tertiary/aromatic N) is 2. The van der Waals surface area contributed by atoms with Crippen LogP contribution in [0.2, 0.25) is 5.02 Å². The van der Waals surface area contributed by atoms with Crippen LogP contribution in [0.25, 0.3) is 0 Å². The molecule has 1 aromatic heterocycles. The van der Waals surface area contributed by atoms with Crippen LogP contribution in [0.3, 0.4) is 0 Å². The van der Waals surface area contributed by atoms with Crippen molar-refractivity contribution < 1.29 is 26.3 Å². The highest BCUT2D eigenvalue weighted by Gasteiger charge is 2.61. The van der Waals surface area contributed by atoms with Gasteiger partial charge in [-0.2, -0.15) is 31.4 Å². The minimum absolute atomic E-state index is 0.0999. The van der Waals surface area contributed by atoms with E-state index in [1.54, 1.807) is 0 Å². The maximum Gasteiger partial charge on any atom is 0.402 e. The number of hydrogen-bond donors (Lipinski definition) is 1. The van der Waals surface area contributed by atoms with Gasteiger partial charge in [0.2, 0.25) is 0 Å². The summed E-state index contributed by atoms with van der Waals surface area (Å²) in [7, 11) is 1.01. The molecule has 1 atom stereocenters. The van der Waals surface area contributed by atoms with Crippen molar-refractivity contribution in [2.45, 2.75) is 31.9 Å². The van der Waals surface area contributed by atoms with Gasteiger partial charge in [0.05, 0.1) is 23.0 Å². The highest BCUT2D eigenvalue weighted by Crippen LogP contribution is 2.47. The SMILES string of the molecule is CCn1ncc(Cl)c1C(NC)C(C(F)(F)F)C(F)(F)F. The summed E-state index contributed by atoms with van der Waals surface area (Å²) >= 11 is 5.68. The first-order valence-corrected chi connectivity index (χ1v) is 5.93. The molecule has 0 fully saturated rings. The van der Waals surface area contributed by atoms with E-state index in [2.05, 4.69) is 5.10 Å². The maximum absolute atomic E-state index is 12.8. The van der Waals surface area contributed by atoms with Crippen molar-refractivity contribution in [3.63, 3.8) is 0 Å². The molecule has 0 bridgehead atoms. The van der Waals surface area contributed by atoms with Crippen molar-refractivity contribution in [3.05, 3.63) is 16.9 Å². The fourth-order valence-corrected chi connectivity index (χ4v) is 2.22. The van der Waals surface area contributed by atoms with Crippen LogP contribution in [0.4, 0.5) is 26.3 Å². The Kier molecular flexibility index (Phi) is 4.96. The first kappa shape index (κ1) is 17.1. The summed E-state index contributed by atoms with van der Waals surface area (Å²) in [6.45, 7) is 1.64. The summed E-state index contributed by atoms with van der Waals surface area (Å²) in [5.74, 6) is -3.57. The monoisotopic (exact) mass is 323 g/mol. The summed E-state index contributed by atoms with van der Waals surface area (Å²) in [6, 6.07) is -2.06. The van der Waals surface area contributed by atoms with Crippen LogP contribution in [0, 0.1) is 5.92 Å². The van der Waals surface area contributed by atoms with E-state index in [0.29, 0.717) is 0 Å². The zero-order chi connectivity index (χ0) is 15.7. The van der Waals surface area contributed by atoms with Gasteiger partial charge >= 0.3 is 12.4 Å². The lowest BCUT2D eigenvalue weighted by Crippen LogP contribution is -2.45. The van der Waals surface area contributed by atoms with Gasteiger partial charge in [-0.3, -0.25) is 4.68 Å². The van der Waals surface area contributed by atoms with Gasteiger partial charge in [0.1, 0.15) is 0 Å². The molecule has 0 radical (unpaired) electrons. The summed E-state index contributed by atoms with van der Waals surface area (Å²) in [5, 5.41) is 5.46. The number of alkyl halides is 6. The molecule has 1 aromatic rings. The number of aryl methyl sites for hydroxylation is 1. The molecule has 20 heavy (non-hydrogen) atoms. The molecule has 116 valence electrons. The van der Waals surface area contributed by atoms with Gasteiger partial charge in [0, 0.05) is 6.54 Å². The average Bonchev–Trinajstić information content (AvgIpc) is 2.63. The van der Waals surface area contributed by atoms with Gasteiger partial charge in [0.15, 0.2) is 5.92 Å². The van der Waals surface area contributed by atoms with Crippen LogP contribution in [-0.4, -0.2) is 29.2 Å². The molecule has 0 amide bonds. The molecule has 1 N–H and O–H groups in total. The van der Waals surface area contributed by atoms with Crippen molar-refractivity contribution in [1.29, 1.82) is 0 Å². The molecule has 0 saturated heterocycles. The molecular weight excluding hydrogens is 312 g/mol. The van der Waals surface area contributed by atoms with Gasteiger partial charge < -0.3 is 5.32 Å². The summed E-state index contributed by atoms with van der Waals surface area (Å²) < 4.78 is 77.7. The lowest BCUT2D eigenvalue weighted by Gasteiger charge is -2.31. The Balaban J connectivity index is 3.38. The number of halogens is 7. The minimum atomic E-state index is -5.46. The van der Waals surface area contributed by atoms with Gasteiger partial charge in [-0.1, -0.05) is 11.6 Å². The first-order chi connectivity index (χ1) is 9.04. The first-order valence-electron chi connectivity index (χ1n) is 5.55. The summed E-state index contributed by atoms with van der Waals surface area (Å²) in [6.07, 6.45) is -9.90. The topological polar surface area (TPSA) is 29.9 Å². The molecule has 0 saturated carbocycles. The second kappa shape index (κ2) is 5.80. The lowest BCUT2D eigenvalue weighted by atomic mass is 9.95. The predicted octanol–water partition coefficient (Wildman–Crippen LogP) is 3.56. The Morgan fingerprint density at radius 2 is 1.75 bits per heavy atom. The van der Waals surface area contributed by atoms with E-state index in [9.17, 15) is 26.3 Å². The molecule has 1 heterocycles. The molecule has 0 spiro atoms. The van der Waals surface area contributed by atoms with E-state index in [0.717, 1.165) is 17.9 Å². The van der Waals surface area contributed by atoms with Crippen LogP contribution in [0.5, 0.6) is 0 Å². The van der Waals surface area contributed by atoms with Crippen molar-refractivity contribution in [2.75, 3.05) is 7.05 Å². The quantitative estimate of drug-likeness (QED) is 0.859. The third kappa shape index (κ3) is 3.38. The van der Waals surface area contributed by atoms with Gasteiger partial charge in [0.25, 0.3) is 0 Å². The number of hydrogen-bond acceptors (Lipinski definition) is 2. The Morgan fingerprint density at radius 1 is 1.25 bits per heavy atom. The van der Waals surface area contributed by atoms with E-state index in [1.807, 2.05) is 5.32 Å². The second-order valence-corrected chi connectivity index (χ2v) is 4.43. The van der Waals surface area contributed by atoms with Crippen LogP contribution in [0.15, 0.2) is 6.20 Å².